The van der Waals surface area contributed by atoms with Crippen LogP contribution in [0.3, 0.4) is 0 Å². The van der Waals surface area contributed by atoms with Crippen molar-refractivity contribution in [2.75, 3.05) is 11.9 Å². The first-order valence-corrected chi connectivity index (χ1v) is 6.80. The van der Waals surface area contributed by atoms with Gasteiger partial charge in [0.2, 0.25) is 0 Å². The topological polar surface area (TPSA) is 83.8 Å². The van der Waals surface area contributed by atoms with Crippen LogP contribution >= 0.6 is 0 Å². The largest absolute Gasteiger partial charge is 0.384 e. The number of nitrogens with one attached hydrogen (secondary N) is 2. The highest BCUT2D eigenvalue weighted by Gasteiger charge is 2.15. The van der Waals surface area contributed by atoms with Crippen LogP contribution in [0, 0.1) is 0 Å². The number of imidazole rings is 1. The van der Waals surface area contributed by atoms with Crippen LogP contribution < -0.4 is 5.32 Å². The molecule has 0 aliphatic carbocycles. The van der Waals surface area contributed by atoms with E-state index in [0.29, 0.717) is 5.65 Å². The van der Waals surface area contributed by atoms with Crippen molar-refractivity contribution in [3.63, 3.8) is 0 Å². The number of H-pyrrole nitrogens is 1. The summed E-state index contributed by atoms with van der Waals surface area (Å²) in [4.78, 5) is 11.5. The molecule has 21 heavy (non-hydrogen) atoms. The average molecular weight is 277 g/mol. The Morgan fingerprint density at radius 1 is 1.14 bits per heavy atom. The zero-order valence-electron chi connectivity index (χ0n) is 11.0. The number of aromatic nitrogens is 6. The maximum atomic E-state index is 4.33. The molecule has 4 heterocycles. The molecule has 102 valence electrons. The van der Waals surface area contributed by atoms with Crippen LogP contribution in [0.15, 0.2) is 30.9 Å². The zero-order valence-corrected chi connectivity index (χ0v) is 11.0. The summed E-state index contributed by atoms with van der Waals surface area (Å²) in [6, 6.07) is 6.33. The number of hydrogen-bond acceptors (Lipinski definition) is 5. The Labute approximate surface area is 119 Å². The Morgan fingerprint density at radius 2 is 2.14 bits per heavy atom. The molecule has 7 heteroatoms. The van der Waals surface area contributed by atoms with Gasteiger partial charge in [-0.2, -0.15) is 0 Å². The van der Waals surface area contributed by atoms with E-state index in [0.717, 1.165) is 35.5 Å². The molecule has 0 fully saturated rings. The van der Waals surface area contributed by atoms with E-state index in [2.05, 4.69) is 48.7 Å². The highest BCUT2D eigenvalue weighted by molar-refractivity contribution is 5.85. The molecule has 0 spiro atoms. The van der Waals surface area contributed by atoms with Gasteiger partial charge >= 0.3 is 0 Å². The van der Waals surface area contributed by atoms with Crippen molar-refractivity contribution >= 4 is 22.5 Å². The molecule has 2 N–H and O–H groups in total. The highest BCUT2D eigenvalue weighted by Crippen LogP contribution is 2.28. The summed E-state index contributed by atoms with van der Waals surface area (Å²) in [6.07, 6.45) is 4.38. The van der Waals surface area contributed by atoms with Crippen molar-refractivity contribution in [2.24, 2.45) is 0 Å². The van der Waals surface area contributed by atoms with Gasteiger partial charge in [-0.05, 0) is 30.2 Å². The predicted octanol–water partition coefficient (Wildman–Crippen LogP) is 1.64. The first kappa shape index (κ1) is 10.8. The van der Waals surface area contributed by atoms with E-state index in [-0.39, 0.29) is 0 Å². The molecule has 0 amide bonds. The second-order valence-corrected chi connectivity index (χ2v) is 5.11. The van der Waals surface area contributed by atoms with Gasteiger partial charge in [0.25, 0.3) is 0 Å². The minimum Gasteiger partial charge on any atom is -0.384 e. The summed E-state index contributed by atoms with van der Waals surface area (Å²) < 4.78 is 1.89. The molecule has 1 aliphatic heterocycles. The zero-order chi connectivity index (χ0) is 13.8. The molecular formula is C14H11N7. The van der Waals surface area contributed by atoms with Crippen molar-refractivity contribution in [2.45, 2.75) is 6.42 Å². The van der Waals surface area contributed by atoms with Crippen LogP contribution in [0.5, 0.6) is 0 Å². The fourth-order valence-electron chi connectivity index (χ4n) is 2.87. The SMILES string of the molecule is c1nc2ncn3c(-c4ccc5c(c4)CCN5)nnc3c2[nH]1. The van der Waals surface area contributed by atoms with E-state index in [4.69, 9.17) is 0 Å². The molecular weight excluding hydrogens is 266 g/mol. The van der Waals surface area contributed by atoms with Gasteiger partial charge in [-0.3, -0.25) is 4.40 Å². The quantitative estimate of drug-likeness (QED) is 0.552. The Morgan fingerprint density at radius 3 is 3.14 bits per heavy atom. The van der Waals surface area contributed by atoms with E-state index < -0.39 is 0 Å². The van der Waals surface area contributed by atoms with E-state index >= 15 is 0 Å². The van der Waals surface area contributed by atoms with Gasteiger partial charge in [-0.15, -0.1) is 10.2 Å². The van der Waals surface area contributed by atoms with Gasteiger partial charge in [0.1, 0.15) is 11.8 Å². The monoisotopic (exact) mass is 277 g/mol. The van der Waals surface area contributed by atoms with Crippen LogP contribution in [0.1, 0.15) is 5.56 Å². The van der Waals surface area contributed by atoms with Crippen molar-refractivity contribution < 1.29 is 0 Å². The summed E-state index contributed by atoms with van der Waals surface area (Å²) >= 11 is 0. The summed E-state index contributed by atoms with van der Waals surface area (Å²) in [5.74, 6) is 0.795. The van der Waals surface area contributed by atoms with E-state index in [1.54, 1.807) is 12.7 Å². The molecule has 0 atom stereocenters. The van der Waals surface area contributed by atoms with Crippen molar-refractivity contribution in [1.29, 1.82) is 0 Å². The van der Waals surface area contributed by atoms with Gasteiger partial charge in [-0.25, -0.2) is 9.97 Å². The number of benzene rings is 1. The first-order chi connectivity index (χ1) is 10.4. The fraction of sp³-hybridized carbons (Fsp3) is 0.143. The summed E-state index contributed by atoms with van der Waals surface area (Å²) in [6.45, 7) is 0.996. The minimum absolute atomic E-state index is 0.652. The van der Waals surface area contributed by atoms with Crippen molar-refractivity contribution in [3.05, 3.63) is 36.4 Å². The molecule has 7 nitrogen and oxygen atoms in total. The Balaban J connectivity index is 1.77. The maximum Gasteiger partial charge on any atom is 0.190 e. The Bertz CT molecular complexity index is 981. The maximum absolute atomic E-state index is 4.33. The van der Waals surface area contributed by atoms with Crippen molar-refractivity contribution in [3.8, 4) is 11.4 Å². The average Bonchev–Trinajstić information content (AvgIpc) is 3.23. The fourth-order valence-corrected chi connectivity index (χ4v) is 2.87. The van der Waals surface area contributed by atoms with Crippen molar-refractivity contribution in [1.82, 2.24) is 29.5 Å². The van der Waals surface area contributed by atoms with Gasteiger partial charge in [0, 0.05) is 17.8 Å². The number of nitrogens with zero attached hydrogens (tertiary/aromatic N) is 5. The Kier molecular flexibility index (Phi) is 1.94. The van der Waals surface area contributed by atoms with Crippen LogP contribution in [0.25, 0.3) is 28.2 Å². The lowest BCUT2D eigenvalue weighted by Gasteiger charge is -2.03. The number of hydrogen-bond donors (Lipinski definition) is 2. The normalized spacial score (nSPS) is 13.7. The lowest BCUT2D eigenvalue weighted by molar-refractivity contribution is 1.08. The molecule has 1 aromatic carbocycles. The molecule has 0 bridgehead atoms. The predicted molar refractivity (Wildman–Crippen MR) is 78.1 cm³/mol. The van der Waals surface area contributed by atoms with Crippen LogP contribution in [-0.4, -0.2) is 36.1 Å². The van der Waals surface area contributed by atoms with E-state index in [1.165, 1.54) is 11.3 Å². The summed E-state index contributed by atoms with van der Waals surface area (Å²) in [5.41, 5.74) is 5.77. The molecule has 4 aromatic rings. The second kappa shape index (κ2) is 3.78. The number of rotatable bonds is 1. The molecule has 0 saturated carbocycles. The minimum atomic E-state index is 0.652. The molecule has 0 saturated heterocycles. The molecule has 3 aromatic heterocycles. The van der Waals surface area contributed by atoms with E-state index in [9.17, 15) is 0 Å². The third kappa shape index (κ3) is 1.42. The highest BCUT2D eigenvalue weighted by atomic mass is 15.3. The lowest BCUT2D eigenvalue weighted by Crippen LogP contribution is -1.93. The van der Waals surface area contributed by atoms with Gasteiger partial charge in [-0.1, -0.05) is 0 Å². The summed E-state index contributed by atoms with van der Waals surface area (Å²) in [7, 11) is 0. The summed E-state index contributed by atoms with van der Waals surface area (Å²) in [5, 5.41) is 12.0. The Hall–Kier alpha value is -2.96. The van der Waals surface area contributed by atoms with Gasteiger partial charge < -0.3 is 10.3 Å². The molecule has 5 rings (SSSR count). The van der Waals surface area contributed by atoms with Crippen LogP contribution in [0.2, 0.25) is 0 Å². The van der Waals surface area contributed by atoms with Gasteiger partial charge in [0.15, 0.2) is 17.1 Å². The number of fused-ring (bicyclic) bond motifs is 4. The molecule has 1 aliphatic rings. The third-order valence-corrected chi connectivity index (χ3v) is 3.91. The van der Waals surface area contributed by atoms with E-state index in [1.807, 2.05) is 4.40 Å². The van der Waals surface area contributed by atoms with Crippen LogP contribution in [0.4, 0.5) is 5.69 Å². The molecule has 0 unspecified atom stereocenters. The lowest BCUT2D eigenvalue weighted by atomic mass is 10.1. The van der Waals surface area contributed by atoms with Gasteiger partial charge in [0.05, 0.1) is 6.33 Å². The number of anilines is 1. The molecule has 0 radical (unpaired) electrons. The smallest absolute Gasteiger partial charge is 0.190 e. The van der Waals surface area contributed by atoms with Crippen LogP contribution in [-0.2, 0) is 6.42 Å². The standard InChI is InChI=1S/C14H11N7/c1-2-10-8(3-4-15-10)5-9(1)13-19-20-14-11-12(17-6-16-11)18-7-21(13)14/h1-2,5-7,15H,3-4H2,(H,16,17). The first-order valence-electron chi connectivity index (χ1n) is 6.80. The second-order valence-electron chi connectivity index (χ2n) is 5.11. The third-order valence-electron chi connectivity index (χ3n) is 3.91. The number of aromatic amines is 1.